The van der Waals surface area contributed by atoms with E-state index in [-0.39, 0.29) is 0 Å². The Hall–Kier alpha value is -4.04. The molecule has 0 bridgehead atoms. The molecule has 0 unspecified atom stereocenters. The Morgan fingerprint density at radius 1 is 1.00 bits per heavy atom. The molecule has 0 aliphatic rings. The molecule has 0 aliphatic heterocycles. The van der Waals surface area contributed by atoms with Crippen molar-refractivity contribution in [3.8, 4) is 33.8 Å². The van der Waals surface area contributed by atoms with Crippen LogP contribution in [0.15, 0.2) is 65.7 Å². The Morgan fingerprint density at radius 3 is 2.76 bits per heavy atom. The van der Waals surface area contributed by atoms with E-state index in [1.54, 1.807) is 11.3 Å². The largest absolute Gasteiger partial charge is 0.382 e. The van der Waals surface area contributed by atoms with Crippen molar-refractivity contribution in [1.82, 2.24) is 30.1 Å². The lowest BCUT2D eigenvalue weighted by atomic mass is 10.1. The van der Waals surface area contributed by atoms with Crippen molar-refractivity contribution in [2.24, 2.45) is 0 Å². The van der Waals surface area contributed by atoms with Gasteiger partial charge in [0.25, 0.3) is 0 Å². The molecule has 3 N–H and O–H groups in total. The van der Waals surface area contributed by atoms with E-state index in [1.165, 1.54) is 5.56 Å². The molecule has 33 heavy (non-hydrogen) atoms. The molecule has 0 aliphatic carbocycles. The summed E-state index contributed by atoms with van der Waals surface area (Å²) in [7, 11) is 0. The molecule has 5 aromatic heterocycles. The number of imidazole rings is 1. The maximum Gasteiger partial charge on any atom is 0.181 e. The molecule has 7 nitrogen and oxygen atoms in total. The predicted octanol–water partition coefficient (Wildman–Crippen LogP) is 6.11. The standard InChI is InChI=1S/C25H21N7S/c1-14(2)28-18-8-16(10-26-12-18)17-9-20-23(31-32-24(20)27-11-17)25-29-21-5-3-4-19(22(21)30-25)15-6-7-33-13-15/h3-14,28H,1-2H3,(H,29,30)(H,27,31,32). The molecule has 6 aromatic rings. The molecule has 0 amide bonds. The highest BCUT2D eigenvalue weighted by Gasteiger charge is 2.16. The summed E-state index contributed by atoms with van der Waals surface area (Å²) in [5, 5.41) is 16.1. The number of rotatable bonds is 5. The topological polar surface area (TPSA) is 95.2 Å². The van der Waals surface area contributed by atoms with Gasteiger partial charge in [0.1, 0.15) is 5.69 Å². The number of aromatic nitrogens is 6. The normalized spacial score (nSPS) is 11.6. The first-order valence-electron chi connectivity index (χ1n) is 10.7. The van der Waals surface area contributed by atoms with Crippen LogP contribution in [0, 0.1) is 0 Å². The van der Waals surface area contributed by atoms with Crippen molar-refractivity contribution in [3.05, 3.63) is 65.7 Å². The lowest BCUT2D eigenvalue weighted by molar-refractivity contribution is 0.898. The molecule has 0 saturated carbocycles. The molecular formula is C25H21N7S. The molecule has 6 rings (SSSR count). The predicted molar refractivity (Wildman–Crippen MR) is 134 cm³/mol. The van der Waals surface area contributed by atoms with Gasteiger partial charge in [-0.05, 0) is 54.4 Å². The minimum absolute atomic E-state index is 0.329. The fourth-order valence-electron chi connectivity index (χ4n) is 4.05. The zero-order chi connectivity index (χ0) is 22.4. The number of pyridine rings is 2. The summed E-state index contributed by atoms with van der Waals surface area (Å²) >= 11 is 1.68. The van der Waals surface area contributed by atoms with E-state index in [9.17, 15) is 0 Å². The van der Waals surface area contributed by atoms with E-state index in [0.717, 1.165) is 50.3 Å². The van der Waals surface area contributed by atoms with E-state index in [0.29, 0.717) is 11.7 Å². The molecule has 0 atom stereocenters. The van der Waals surface area contributed by atoms with Gasteiger partial charge < -0.3 is 10.3 Å². The van der Waals surface area contributed by atoms with E-state index in [2.05, 4.69) is 79.3 Å². The SMILES string of the molecule is CC(C)Nc1cncc(-c2cnc3n[nH]c(-c4nc5c(-c6ccsc6)cccc5[nH]4)c3c2)c1. The summed E-state index contributed by atoms with van der Waals surface area (Å²) < 4.78 is 0. The zero-order valence-electron chi connectivity index (χ0n) is 18.1. The van der Waals surface area contributed by atoms with Gasteiger partial charge >= 0.3 is 0 Å². The fraction of sp³-hybridized carbons (Fsp3) is 0.120. The van der Waals surface area contributed by atoms with Crippen LogP contribution in [0.2, 0.25) is 0 Å². The number of nitrogens with one attached hydrogen (secondary N) is 3. The first-order valence-corrected chi connectivity index (χ1v) is 11.7. The van der Waals surface area contributed by atoms with Crippen molar-refractivity contribution in [2.75, 3.05) is 5.32 Å². The number of thiophene rings is 1. The monoisotopic (exact) mass is 451 g/mol. The number of hydrogen-bond acceptors (Lipinski definition) is 6. The number of para-hydroxylation sites is 1. The third kappa shape index (κ3) is 3.54. The number of H-pyrrole nitrogens is 2. The van der Waals surface area contributed by atoms with E-state index in [1.807, 2.05) is 30.7 Å². The van der Waals surface area contributed by atoms with Gasteiger partial charge in [0.05, 0.1) is 22.1 Å². The van der Waals surface area contributed by atoms with Crippen LogP contribution in [0.5, 0.6) is 0 Å². The maximum atomic E-state index is 4.94. The van der Waals surface area contributed by atoms with Crippen LogP contribution < -0.4 is 5.32 Å². The van der Waals surface area contributed by atoms with Crippen molar-refractivity contribution >= 4 is 39.1 Å². The second-order valence-electron chi connectivity index (χ2n) is 8.25. The van der Waals surface area contributed by atoms with Crippen molar-refractivity contribution in [3.63, 3.8) is 0 Å². The highest BCUT2D eigenvalue weighted by atomic mass is 32.1. The minimum Gasteiger partial charge on any atom is -0.382 e. The number of benzene rings is 1. The summed E-state index contributed by atoms with van der Waals surface area (Å²) in [6.45, 7) is 4.21. The lowest BCUT2D eigenvalue weighted by Crippen LogP contribution is -2.09. The van der Waals surface area contributed by atoms with Crippen LogP contribution in [-0.2, 0) is 0 Å². The Bertz CT molecular complexity index is 1580. The van der Waals surface area contributed by atoms with Crippen molar-refractivity contribution in [1.29, 1.82) is 0 Å². The minimum atomic E-state index is 0.329. The lowest BCUT2D eigenvalue weighted by Gasteiger charge is -2.10. The molecule has 0 saturated heterocycles. The van der Waals surface area contributed by atoms with Crippen LogP contribution >= 0.6 is 11.3 Å². The Kier molecular flexibility index (Phi) is 4.66. The summed E-state index contributed by atoms with van der Waals surface area (Å²) in [6.07, 6.45) is 5.51. The average molecular weight is 452 g/mol. The van der Waals surface area contributed by atoms with Gasteiger partial charge in [0, 0.05) is 41.3 Å². The second-order valence-corrected chi connectivity index (χ2v) is 9.03. The Balaban J connectivity index is 1.45. The molecule has 5 heterocycles. The first-order chi connectivity index (χ1) is 16.2. The van der Waals surface area contributed by atoms with Gasteiger partial charge in [0.15, 0.2) is 11.5 Å². The van der Waals surface area contributed by atoms with Gasteiger partial charge in [-0.1, -0.05) is 12.1 Å². The fourth-order valence-corrected chi connectivity index (χ4v) is 4.71. The molecule has 1 aromatic carbocycles. The average Bonchev–Trinajstić information content (AvgIpc) is 3.57. The third-order valence-electron chi connectivity index (χ3n) is 5.52. The van der Waals surface area contributed by atoms with Crippen LogP contribution in [0.3, 0.4) is 0 Å². The van der Waals surface area contributed by atoms with Gasteiger partial charge in [-0.3, -0.25) is 10.1 Å². The number of nitrogens with zero attached hydrogens (tertiary/aromatic N) is 4. The van der Waals surface area contributed by atoms with E-state index in [4.69, 9.17) is 4.98 Å². The quantitative estimate of drug-likeness (QED) is 0.294. The van der Waals surface area contributed by atoms with E-state index < -0.39 is 0 Å². The second kappa shape index (κ2) is 7.83. The summed E-state index contributed by atoms with van der Waals surface area (Å²) in [4.78, 5) is 17.4. The molecule has 0 fully saturated rings. The molecular weight excluding hydrogens is 430 g/mol. The van der Waals surface area contributed by atoms with Gasteiger partial charge in [0.2, 0.25) is 0 Å². The number of fused-ring (bicyclic) bond motifs is 2. The van der Waals surface area contributed by atoms with Crippen molar-refractivity contribution < 1.29 is 0 Å². The van der Waals surface area contributed by atoms with Crippen LogP contribution in [-0.4, -0.2) is 36.2 Å². The van der Waals surface area contributed by atoms with Crippen LogP contribution in [0.1, 0.15) is 13.8 Å². The summed E-state index contributed by atoms with van der Waals surface area (Å²) in [5.74, 6) is 0.738. The van der Waals surface area contributed by atoms with Crippen molar-refractivity contribution in [2.45, 2.75) is 19.9 Å². The molecule has 162 valence electrons. The Morgan fingerprint density at radius 2 is 1.91 bits per heavy atom. The smallest absolute Gasteiger partial charge is 0.181 e. The van der Waals surface area contributed by atoms with Crippen LogP contribution in [0.25, 0.3) is 55.8 Å². The van der Waals surface area contributed by atoms with E-state index >= 15 is 0 Å². The first kappa shape index (κ1) is 19.6. The highest BCUT2D eigenvalue weighted by molar-refractivity contribution is 7.08. The summed E-state index contributed by atoms with van der Waals surface area (Å²) in [5.41, 5.74) is 8.61. The molecule has 8 heteroatoms. The highest BCUT2D eigenvalue weighted by Crippen LogP contribution is 2.33. The van der Waals surface area contributed by atoms with Crippen LogP contribution in [0.4, 0.5) is 5.69 Å². The number of aromatic amines is 2. The number of anilines is 1. The third-order valence-corrected chi connectivity index (χ3v) is 6.20. The summed E-state index contributed by atoms with van der Waals surface area (Å²) in [6, 6.07) is 12.8. The maximum absolute atomic E-state index is 4.94. The molecule has 0 radical (unpaired) electrons. The van der Waals surface area contributed by atoms with Gasteiger partial charge in [-0.15, -0.1) is 0 Å². The number of hydrogen-bond donors (Lipinski definition) is 3. The molecule has 0 spiro atoms. The van der Waals surface area contributed by atoms with Gasteiger partial charge in [-0.2, -0.15) is 16.4 Å². The van der Waals surface area contributed by atoms with Gasteiger partial charge in [-0.25, -0.2) is 9.97 Å². The zero-order valence-corrected chi connectivity index (χ0v) is 18.9. The Labute approximate surface area is 194 Å².